The second-order valence-electron chi connectivity index (χ2n) is 8.33. The lowest BCUT2D eigenvalue weighted by atomic mass is 9.95. The van der Waals surface area contributed by atoms with E-state index in [2.05, 4.69) is 4.99 Å². The number of nitrogens with zero attached hydrogens (tertiary/aromatic N) is 2. The van der Waals surface area contributed by atoms with E-state index in [1.807, 2.05) is 32.0 Å². The zero-order chi connectivity index (χ0) is 26.1. The highest BCUT2D eigenvalue weighted by Gasteiger charge is 2.35. The predicted molar refractivity (Wildman–Crippen MR) is 141 cm³/mol. The number of aromatic nitrogens is 1. The van der Waals surface area contributed by atoms with Crippen molar-refractivity contribution in [3.8, 4) is 11.5 Å². The lowest BCUT2D eigenvalue weighted by Gasteiger charge is -2.26. The number of ether oxygens (including phenoxy) is 2. The Kier molecular flexibility index (Phi) is 7.59. The van der Waals surface area contributed by atoms with Crippen LogP contribution in [0.4, 0.5) is 0 Å². The standard InChI is InChI=1S/C26H24Cl2N2O5S/c1-5-34-25(33)21-14(4)29-26-30(22(21)17-8-6-7-9-19(17)35-13(2)3)24(32)20(36-26)11-15-10-16(27)12-18(28)23(15)31/h6-13,22,31H,5H2,1-4H3. The lowest BCUT2D eigenvalue weighted by Crippen LogP contribution is -2.40. The van der Waals surface area contributed by atoms with Crippen molar-refractivity contribution in [2.75, 3.05) is 6.61 Å². The van der Waals surface area contributed by atoms with Gasteiger partial charge in [-0.2, -0.15) is 0 Å². The van der Waals surface area contributed by atoms with E-state index in [-0.39, 0.29) is 33.6 Å². The van der Waals surface area contributed by atoms with Gasteiger partial charge in [0.1, 0.15) is 17.5 Å². The number of benzene rings is 2. The topological polar surface area (TPSA) is 90.1 Å². The maximum Gasteiger partial charge on any atom is 0.338 e. The summed E-state index contributed by atoms with van der Waals surface area (Å²) in [6, 6.07) is 9.38. The van der Waals surface area contributed by atoms with Gasteiger partial charge in [0.15, 0.2) is 4.80 Å². The van der Waals surface area contributed by atoms with Gasteiger partial charge in [-0.3, -0.25) is 9.36 Å². The van der Waals surface area contributed by atoms with Crippen LogP contribution in [-0.4, -0.2) is 28.4 Å². The molecule has 188 valence electrons. The fourth-order valence-corrected chi connectivity index (χ4v) is 5.54. The number of esters is 1. The maximum atomic E-state index is 13.8. The molecule has 7 nitrogen and oxygen atoms in total. The summed E-state index contributed by atoms with van der Waals surface area (Å²) >= 11 is 13.3. The van der Waals surface area contributed by atoms with Gasteiger partial charge >= 0.3 is 5.97 Å². The number of hydrogen-bond acceptors (Lipinski definition) is 7. The summed E-state index contributed by atoms with van der Waals surface area (Å²) < 4.78 is 13.1. The molecule has 0 radical (unpaired) electrons. The molecule has 0 amide bonds. The van der Waals surface area contributed by atoms with Gasteiger partial charge in [-0.05, 0) is 52.0 Å². The third-order valence-corrected chi connectivity index (χ3v) is 6.93. The number of fused-ring (bicyclic) bond motifs is 1. The van der Waals surface area contributed by atoms with Crippen LogP contribution in [0, 0.1) is 0 Å². The second kappa shape index (κ2) is 10.5. The van der Waals surface area contributed by atoms with Gasteiger partial charge in [-0.1, -0.05) is 52.7 Å². The molecule has 0 bridgehead atoms. The Bertz CT molecular complexity index is 1560. The molecule has 36 heavy (non-hydrogen) atoms. The van der Waals surface area contributed by atoms with Gasteiger partial charge in [0.25, 0.3) is 5.56 Å². The fraction of sp³-hybridized carbons (Fsp3) is 0.269. The van der Waals surface area contributed by atoms with E-state index in [1.54, 1.807) is 19.9 Å². The van der Waals surface area contributed by atoms with E-state index in [0.29, 0.717) is 32.4 Å². The number of para-hydroxylation sites is 1. The maximum absolute atomic E-state index is 13.8. The molecule has 0 saturated heterocycles. The minimum absolute atomic E-state index is 0.0691. The zero-order valence-corrected chi connectivity index (χ0v) is 22.4. The van der Waals surface area contributed by atoms with Crippen molar-refractivity contribution in [2.24, 2.45) is 4.99 Å². The van der Waals surface area contributed by atoms with Gasteiger partial charge in [0.2, 0.25) is 0 Å². The first kappa shape index (κ1) is 26.0. The number of thiazole rings is 1. The molecule has 1 atom stereocenters. The molecule has 1 aromatic heterocycles. The van der Waals surface area contributed by atoms with E-state index in [1.165, 1.54) is 22.8 Å². The molecule has 0 saturated carbocycles. The Hall–Kier alpha value is -3.07. The predicted octanol–water partition coefficient (Wildman–Crippen LogP) is 4.60. The molecule has 1 aliphatic heterocycles. The smallest absolute Gasteiger partial charge is 0.338 e. The molecule has 0 aliphatic carbocycles. The van der Waals surface area contributed by atoms with Crippen LogP contribution in [0.2, 0.25) is 10.0 Å². The molecular weight excluding hydrogens is 523 g/mol. The van der Waals surface area contributed by atoms with Crippen molar-refractivity contribution < 1.29 is 19.4 Å². The number of carbonyl (C=O) groups is 1. The Labute approximate surface area is 221 Å². The Morgan fingerprint density at radius 2 is 2.00 bits per heavy atom. The monoisotopic (exact) mass is 546 g/mol. The third-order valence-electron chi connectivity index (χ3n) is 5.44. The van der Waals surface area contributed by atoms with Crippen LogP contribution in [0.3, 0.4) is 0 Å². The lowest BCUT2D eigenvalue weighted by molar-refractivity contribution is -0.139. The number of phenolic OH excluding ortho intramolecular Hbond substituents is 1. The minimum Gasteiger partial charge on any atom is -0.506 e. The fourth-order valence-electron chi connectivity index (χ4n) is 3.99. The van der Waals surface area contributed by atoms with Crippen molar-refractivity contribution in [1.29, 1.82) is 0 Å². The summed E-state index contributed by atoms with van der Waals surface area (Å²) in [6.07, 6.45) is 1.38. The van der Waals surface area contributed by atoms with E-state index in [0.717, 1.165) is 11.3 Å². The molecule has 10 heteroatoms. The number of phenols is 1. The average molecular weight is 547 g/mol. The van der Waals surface area contributed by atoms with E-state index < -0.39 is 17.6 Å². The molecular formula is C26H24Cl2N2O5S. The van der Waals surface area contributed by atoms with Crippen LogP contribution in [0.25, 0.3) is 6.08 Å². The number of aromatic hydroxyl groups is 1. The quantitative estimate of drug-likeness (QED) is 0.456. The zero-order valence-electron chi connectivity index (χ0n) is 20.0. The summed E-state index contributed by atoms with van der Waals surface area (Å²) in [6.45, 7) is 7.41. The van der Waals surface area contributed by atoms with Gasteiger partial charge < -0.3 is 14.6 Å². The molecule has 2 heterocycles. The molecule has 2 aromatic carbocycles. The van der Waals surface area contributed by atoms with Gasteiger partial charge in [0, 0.05) is 16.1 Å². The number of allylic oxidation sites excluding steroid dienone is 1. The minimum atomic E-state index is -0.825. The molecule has 1 unspecified atom stereocenters. The average Bonchev–Trinajstić information content (AvgIpc) is 3.11. The van der Waals surface area contributed by atoms with Crippen LogP contribution >= 0.6 is 34.5 Å². The SMILES string of the molecule is CCOC(=O)C1=C(C)N=c2sc(=Cc3cc(Cl)cc(Cl)c3O)c(=O)n2C1c1ccccc1OC(C)C. The molecule has 4 rings (SSSR count). The first-order chi connectivity index (χ1) is 17.1. The molecule has 0 fully saturated rings. The Balaban J connectivity index is 2.01. The summed E-state index contributed by atoms with van der Waals surface area (Å²) in [5, 5.41) is 10.8. The second-order valence-corrected chi connectivity index (χ2v) is 10.2. The van der Waals surface area contributed by atoms with Crippen molar-refractivity contribution in [2.45, 2.75) is 39.8 Å². The number of carbonyl (C=O) groups excluding carboxylic acids is 1. The molecule has 3 aromatic rings. The number of rotatable bonds is 6. The summed E-state index contributed by atoms with van der Waals surface area (Å²) in [4.78, 5) is 31.8. The number of halogens is 2. The van der Waals surface area contributed by atoms with Gasteiger partial charge in [-0.25, -0.2) is 9.79 Å². The third kappa shape index (κ3) is 4.93. The van der Waals surface area contributed by atoms with Crippen LogP contribution in [0.15, 0.2) is 57.5 Å². The van der Waals surface area contributed by atoms with Crippen molar-refractivity contribution in [3.63, 3.8) is 0 Å². The molecule has 1 N–H and O–H groups in total. The normalized spacial score (nSPS) is 15.6. The van der Waals surface area contributed by atoms with Crippen LogP contribution in [0.5, 0.6) is 11.5 Å². The van der Waals surface area contributed by atoms with Crippen molar-refractivity contribution in [3.05, 3.63) is 88.5 Å². The highest BCUT2D eigenvalue weighted by atomic mass is 35.5. The van der Waals surface area contributed by atoms with Crippen molar-refractivity contribution >= 4 is 46.6 Å². The molecule has 1 aliphatic rings. The number of hydrogen-bond donors (Lipinski definition) is 1. The summed E-state index contributed by atoms with van der Waals surface area (Å²) in [5.74, 6) is -0.206. The van der Waals surface area contributed by atoms with Crippen LogP contribution in [0.1, 0.15) is 44.9 Å². The first-order valence-electron chi connectivity index (χ1n) is 11.3. The van der Waals surface area contributed by atoms with E-state index in [4.69, 9.17) is 32.7 Å². The van der Waals surface area contributed by atoms with E-state index in [9.17, 15) is 14.7 Å². The van der Waals surface area contributed by atoms with Crippen molar-refractivity contribution in [1.82, 2.24) is 4.57 Å². The summed E-state index contributed by atoms with van der Waals surface area (Å²) in [7, 11) is 0. The highest BCUT2D eigenvalue weighted by Crippen LogP contribution is 2.36. The highest BCUT2D eigenvalue weighted by molar-refractivity contribution is 7.07. The summed E-state index contributed by atoms with van der Waals surface area (Å²) in [5.41, 5.74) is 1.22. The Morgan fingerprint density at radius 1 is 1.28 bits per heavy atom. The van der Waals surface area contributed by atoms with E-state index >= 15 is 0 Å². The largest absolute Gasteiger partial charge is 0.506 e. The van der Waals surface area contributed by atoms with Gasteiger partial charge in [0.05, 0.1) is 33.5 Å². The Morgan fingerprint density at radius 3 is 2.69 bits per heavy atom. The van der Waals surface area contributed by atoms with Crippen LogP contribution in [-0.2, 0) is 9.53 Å². The molecule has 0 spiro atoms. The van der Waals surface area contributed by atoms with Gasteiger partial charge in [-0.15, -0.1) is 0 Å². The van der Waals surface area contributed by atoms with Crippen LogP contribution < -0.4 is 19.6 Å². The first-order valence-corrected chi connectivity index (χ1v) is 12.8.